The minimum atomic E-state index is -0.418. The molecule has 0 heterocycles. The largest absolute Gasteiger partial charge is 0.302 e. The maximum atomic E-state index is 11.5. The third-order valence-electron chi connectivity index (χ3n) is 2.34. The van der Waals surface area contributed by atoms with E-state index in [1.807, 2.05) is 13.0 Å². The molecular formula is C11H17NO3. The lowest BCUT2D eigenvalue weighted by atomic mass is 9.93. The lowest BCUT2D eigenvalue weighted by Gasteiger charge is -2.16. The molecule has 4 heteroatoms. The first-order valence-electron chi connectivity index (χ1n) is 5.32. The first kappa shape index (κ1) is 12.1. The van der Waals surface area contributed by atoms with Crippen LogP contribution in [0.15, 0.2) is 11.6 Å². The Morgan fingerprint density at radius 3 is 3.07 bits per heavy atom. The van der Waals surface area contributed by atoms with E-state index in [9.17, 15) is 9.59 Å². The van der Waals surface area contributed by atoms with E-state index in [1.54, 1.807) is 0 Å². The number of ketones is 1. The molecule has 1 rings (SSSR count). The standard InChI is InChI=1S/C11H17NO3/c1-2-15-12-10(8-13)7-9-5-3-4-6-11(9)14/h5,8,10,12H,2-4,6-7H2,1H3. The van der Waals surface area contributed by atoms with Crippen LogP contribution in [0.2, 0.25) is 0 Å². The second-order valence-electron chi connectivity index (χ2n) is 3.54. The Labute approximate surface area is 89.6 Å². The summed E-state index contributed by atoms with van der Waals surface area (Å²) in [4.78, 5) is 27.1. The number of aldehydes is 1. The monoisotopic (exact) mass is 211 g/mol. The zero-order chi connectivity index (χ0) is 11.1. The summed E-state index contributed by atoms with van der Waals surface area (Å²) in [6, 6.07) is -0.418. The maximum absolute atomic E-state index is 11.5. The van der Waals surface area contributed by atoms with Crippen LogP contribution in [-0.2, 0) is 14.4 Å². The van der Waals surface area contributed by atoms with Crippen LogP contribution in [0.25, 0.3) is 0 Å². The molecule has 1 N–H and O–H groups in total. The van der Waals surface area contributed by atoms with E-state index in [1.165, 1.54) is 0 Å². The summed E-state index contributed by atoms with van der Waals surface area (Å²) in [6.45, 7) is 2.33. The van der Waals surface area contributed by atoms with E-state index in [0.717, 1.165) is 24.7 Å². The minimum absolute atomic E-state index is 0.159. The van der Waals surface area contributed by atoms with Crippen LogP contribution in [-0.4, -0.2) is 24.7 Å². The molecule has 0 aromatic heterocycles. The Morgan fingerprint density at radius 2 is 2.47 bits per heavy atom. The molecule has 1 aliphatic rings. The molecule has 4 nitrogen and oxygen atoms in total. The van der Waals surface area contributed by atoms with Gasteiger partial charge in [-0.1, -0.05) is 6.08 Å². The van der Waals surface area contributed by atoms with Crippen molar-refractivity contribution in [2.45, 2.75) is 38.6 Å². The van der Waals surface area contributed by atoms with Crippen LogP contribution < -0.4 is 5.48 Å². The highest BCUT2D eigenvalue weighted by atomic mass is 16.6. The van der Waals surface area contributed by atoms with E-state index in [4.69, 9.17) is 4.84 Å². The van der Waals surface area contributed by atoms with Gasteiger partial charge >= 0.3 is 0 Å². The first-order valence-corrected chi connectivity index (χ1v) is 5.32. The predicted octanol–water partition coefficient (Wildman–Crippen LogP) is 1.16. The Morgan fingerprint density at radius 1 is 1.67 bits per heavy atom. The fraction of sp³-hybridized carbons (Fsp3) is 0.636. The maximum Gasteiger partial charge on any atom is 0.158 e. The molecule has 0 aliphatic heterocycles. The van der Waals surface area contributed by atoms with Gasteiger partial charge in [-0.05, 0) is 31.8 Å². The van der Waals surface area contributed by atoms with Gasteiger partial charge < -0.3 is 9.63 Å². The third kappa shape index (κ3) is 3.93. The first-order chi connectivity index (χ1) is 7.27. The lowest BCUT2D eigenvalue weighted by Crippen LogP contribution is -2.32. The van der Waals surface area contributed by atoms with Gasteiger partial charge in [-0.25, -0.2) is 0 Å². The molecule has 15 heavy (non-hydrogen) atoms. The minimum Gasteiger partial charge on any atom is -0.302 e. The molecule has 1 aliphatic carbocycles. The molecule has 0 aromatic rings. The van der Waals surface area contributed by atoms with Gasteiger partial charge in [0.2, 0.25) is 0 Å². The van der Waals surface area contributed by atoms with E-state index in [-0.39, 0.29) is 5.78 Å². The molecule has 0 bridgehead atoms. The summed E-state index contributed by atoms with van der Waals surface area (Å²) < 4.78 is 0. The lowest BCUT2D eigenvalue weighted by molar-refractivity contribution is -0.116. The van der Waals surface area contributed by atoms with Crippen molar-refractivity contribution in [1.82, 2.24) is 5.48 Å². The highest BCUT2D eigenvalue weighted by molar-refractivity contribution is 5.96. The average Bonchev–Trinajstić information content (AvgIpc) is 2.26. The number of hydroxylamine groups is 1. The second-order valence-corrected chi connectivity index (χ2v) is 3.54. The smallest absolute Gasteiger partial charge is 0.158 e. The van der Waals surface area contributed by atoms with E-state index >= 15 is 0 Å². The fourth-order valence-corrected chi connectivity index (χ4v) is 1.56. The van der Waals surface area contributed by atoms with Gasteiger partial charge in [0, 0.05) is 6.42 Å². The van der Waals surface area contributed by atoms with Crippen LogP contribution in [0.3, 0.4) is 0 Å². The summed E-state index contributed by atoms with van der Waals surface area (Å²) in [5.74, 6) is 0.159. The van der Waals surface area contributed by atoms with Crippen LogP contribution in [0.5, 0.6) is 0 Å². The summed E-state index contributed by atoms with van der Waals surface area (Å²) in [6.07, 6.45) is 5.59. The Hall–Kier alpha value is -1.00. The molecular weight excluding hydrogens is 194 g/mol. The molecule has 0 spiro atoms. The van der Waals surface area contributed by atoms with Crippen molar-refractivity contribution in [2.24, 2.45) is 0 Å². The summed E-state index contributed by atoms with van der Waals surface area (Å²) >= 11 is 0. The van der Waals surface area contributed by atoms with Gasteiger partial charge in [0.1, 0.15) is 6.29 Å². The van der Waals surface area contributed by atoms with Gasteiger partial charge in [0.25, 0.3) is 0 Å². The van der Waals surface area contributed by atoms with Crippen LogP contribution in [0.4, 0.5) is 0 Å². The fourth-order valence-electron chi connectivity index (χ4n) is 1.56. The van der Waals surface area contributed by atoms with E-state index in [0.29, 0.717) is 19.4 Å². The molecule has 0 saturated carbocycles. The SMILES string of the molecule is CCONC(C=O)CC1=CCCCC1=O. The number of hydrogen-bond donors (Lipinski definition) is 1. The van der Waals surface area contributed by atoms with Crippen molar-refractivity contribution in [2.75, 3.05) is 6.61 Å². The Kier molecular flexibility index (Phi) is 5.21. The molecule has 0 amide bonds. The predicted molar refractivity (Wildman–Crippen MR) is 56.2 cm³/mol. The summed E-state index contributed by atoms with van der Waals surface area (Å²) in [5, 5.41) is 0. The topological polar surface area (TPSA) is 55.4 Å². The number of nitrogens with one attached hydrogen (secondary N) is 1. The average molecular weight is 211 g/mol. The highest BCUT2D eigenvalue weighted by Gasteiger charge is 2.17. The number of allylic oxidation sites excluding steroid dienone is 1. The third-order valence-corrected chi connectivity index (χ3v) is 2.34. The molecule has 0 aromatic carbocycles. The van der Waals surface area contributed by atoms with Crippen LogP contribution in [0.1, 0.15) is 32.6 Å². The van der Waals surface area contributed by atoms with Crippen molar-refractivity contribution >= 4 is 12.1 Å². The van der Waals surface area contributed by atoms with Gasteiger partial charge in [-0.15, -0.1) is 0 Å². The number of hydrogen-bond acceptors (Lipinski definition) is 4. The van der Waals surface area contributed by atoms with E-state index < -0.39 is 6.04 Å². The summed E-state index contributed by atoms with van der Waals surface area (Å²) in [7, 11) is 0. The molecule has 0 saturated heterocycles. The van der Waals surface area contributed by atoms with Crippen molar-refractivity contribution in [1.29, 1.82) is 0 Å². The second kappa shape index (κ2) is 6.48. The number of Topliss-reactive ketones (excluding diaryl/α,β-unsaturated/α-hetero) is 1. The Bertz CT molecular complexity index is 261. The summed E-state index contributed by atoms with van der Waals surface area (Å²) in [5.41, 5.74) is 3.38. The molecule has 1 unspecified atom stereocenters. The normalized spacial score (nSPS) is 18.5. The number of carbonyl (C=O) groups is 2. The van der Waals surface area contributed by atoms with Crippen molar-refractivity contribution < 1.29 is 14.4 Å². The molecule has 84 valence electrons. The molecule has 0 radical (unpaired) electrons. The molecule has 0 fully saturated rings. The quantitative estimate of drug-likeness (QED) is 0.529. The van der Waals surface area contributed by atoms with Gasteiger partial charge in [0.15, 0.2) is 5.78 Å². The van der Waals surface area contributed by atoms with Crippen LogP contribution >= 0.6 is 0 Å². The van der Waals surface area contributed by atoms with Crippen molar-refractivity contribution in [3.05, 3.63) is 11.6 Å². The van der Waals surface area contributed by atoms with Crippen molar-refractivity contribution in [3.8, 4) is 0 Å². The van der Waals surface area contributed by atoms with Gasteiger partial charge in [-0.3, -0.25) is 4.79 Å². The number of carbonyl (C=O) groups excluding carboxylic acids is 2. The number of rotatable bonds is 6. The van der Waals surface area contributed by atoms with Crippen molar-refractivity contribution in [3.63, 3.8) is 0 Å². The van der Waals surface area contributed by atoms with E-state index in [2.05, 4.69) is 5.48 Å². The van der Waals surface area contributed by atoms with Gasteiger partial charge in [-0.2, -0.15) is 5.48 Å². The highest BCUT2D eigenvalue weighted by Crippen LogP contribution is 2.17. The van der Waals surface area contributed by atoms with Gasteiger partial charge in [0.05, 0.1) is 12.6 Å². The molecule has 1 atom stereocenters. The Balaban J connectivity index is 2.46. The zero-order valence-corrected chi connectivity index (χ0v) is 8.99. The zero-order valence-electron chi connectivity index (χ0n) is 8.99. The van der Waals surface area contributed by atoms with Crippen LogP contribution in [0, 0.1) is 0 Å².